The van der Waals surface area contributed by atoms with Crippen LogP contribution in [-0.4, -0.2) is 36.4 Å². The van der Waals surface area contributed by atoms with Gasteiger partial charge in [0.1, 0.15) is 6.10 Å². The van der Waals surface area contributed by atoms with Crippen LogP contribution in [0.15, 0.2) is 0 Å². The summed E-state index contributed by atoms with van der Waals surface area (Å²) in [4.78, 5) is 10.5. The zero-order chi connectivity index (χ0) is 7.84. The van der Waals surface area contributed by atoms with Gasteiger partial charge < -0.3 is 19.3 Å². The number of hydrogen-bond acceptors (Lipinski definition) is 5. The van der Waals surface area contributed by atoms with Gasteiger partial charge in [0.2, 0.25) is 0 Å². The molecule has 1 N–H and O–H groups in total. The average Bonchev–Trinajstić information content (AvgIpc) is 2.31. The zero-order valence-corrected chi connectivity index (χ0v) is 5.73. The highest BCUT2D eigenvalue weighted by Gasteiger charge is 2.44. The fourth-order valence-corrected chi connectivity index (χ4v) is 1.27. The fourth-order valence-electron chi connectivity index (χ4n) is 1.27. The van der Waals surface area contributed by atoms with Gasteiger partial charge in [-0.3, -0.25) is 0 Å². The van der Waals surface area contributed by atoms with E-state index in [0.29, 0.717) is 13.0 Å². The quantitative estimate of drug-likeness (QED) is 0.490. The van der Waals surface area contributed by atoms with Crippen LogP contribution in [0.5, 0.6) is 0 Å². The fraction of sp³-hybridized carbons (Fsp3) is 0.833. The number of aliphatic hydroxyl groups excluding tert-OH is 1. The van der Waals surface area contributed by atoms with E-state index < -0.39 is 18.5 Å². The lowest BCUT2D eigenvalue weighted by Crippen LogP contribution is -2.42. The van der Waals surface area contributed by atoms with Crippen molar-refractivity contribution in [1.82, 2.24) is 0 Å². The summed E-state index contributed by atoms with van der Waals surface area (Å²) in [6.45, 7) is 0.402. The summed E-state index contributed by atoms with van der Waals surface area (Å²) in [6.07, 6.45) is -2.11. The van der Waals surface area contributed by atoms with Crippen molar-refractivity contribution in [2.24, 2.45) is 0 Å². The van der Waals surface area contributed by atoms with E-state index in [4.69, 9.17) is 14.6 Å². The maximum Gasteiger partial charge on any atom is 0.509 e. The Labute approximate surface area is 62.8 Å². The molecule has 2 heterocycles. The number of aliphatic hydroxyl groups is 1. The normalized spacial score (nSPS) is 42.6. The molecule has 0 aliphatic carbocycles. The van der Waals surface area contributed by atoms with Crippen LogP contribution >= 0.6 is 0 Å². The predicted octanol–water partition coefficient (Wildman–Crippen LogP) is -0.371. The average molecular weight is 160 g/mol. The van der Waals surface area contributed by atoms with Gasteiger partial charge in [0, 0.05) is 6.42 Å². The van der Waals surface area contributed by atoms with Crippen molar-refractivity contribution in [3.05, 3.63) is 0 Å². The van der Waals surface area contributed by atoms with Crippen molar-refractivity contribution in [3.8, 4) is 0 Å². The van der Waals surface area contributed by atoms with E-state index in [-0.39, 0.29) is 6.10 Å². The van der Waals surface area contributed by atoms with Crippen molar-refractivity contribution < 1.29 is 24.1 Å². The van der Waals surface area contributed by atoms with Crippen molar-refractivity contribution in [2.75, 3.05) is 6.61 Å². The minimum Gasteiger partial charge on any atom is -0.427 e. The third-order valence-electron chi connectivity index (χ3n) is 1.82. The molecule has 0 aromatic rings. The Bertz CT molecular complexity index is 180. The first kappa shape index (κ1) is 6.87. The molecule has 2 saturated heterocycles. The van der Waals surface area contributed by atoms with Crippen LogP contribution in [0.3, 0.4) is 0 Å². The third-order valence-corrected chi connectivity index (χ3v) is 1.82. The number of carbonyl (C=O) groups excluding carboxylic acids is 1. The molecule has 0 saturated carbocycles. The molecule has 0 aromatic heterocycles. The van der Waals surface area contributed by atoms with E-state index in [1.165, 1.54) is 0 Å². The van der Waals surface area contributed by atoms with Gasteiger partial charge >= 0.3 is 6.16 Å². The lowest BCUT2D eigenvalue weighted by Gasteiger charge is -2.25. The van der Waals surface area contributed by atoms with Crippen LogP contribution < -0.4 is 0 Å². The van der Waals surface area contributed by atoms with E-state index in [0.717, 1.165) is 0 Å². The van der Waals surface area contributed by atoms with Gasteiger partial charge in [-0.15, -0.1) is 0 Å². The summed E-state index contributed by atoms with van der Waals surface area (Å²) in [5, 5.41) is 9.12. The van der Waals surface area contributed by atoms with Gasteiger partial charge in [0.15, 0.2) is 12.4 Å². The van der Waals surface area contributed by atoms with Gasteiger partial charge in [0.05, 0.1) is 6.61 Å². The largest absolute Gasteiger partial charge is 0.509 e. The molecule has 0 bridgehead atoms. The van der Waals surface area contributed by atoms with E-state index in [1.807, 2.05) is 0 Å². The Kier molecular flexibility index (Phi) is 1.47. The molecule has 2 aliphatic heterocycles. The Morgan fingerprint density at radius 2 is 2.27 bits per heavy atom. The van der Waals surface area contributed by atoms with E-state index in [1.54, 1.807) is 0 Å². The molecule has 3 atom stereocenters. The van der Waals surface area contributed by atoms with Gasteiger partial charge in [0.25, 0.3) is 0 Å². The van der Waals surface area contributed by atoms with Crippen molar-refractivity contribution in [2.45, 2.75) is 24.9 Å². The molecule has 0 aromatic carbocycles. The molecular formula is C6H8O5. The number of rotatable bonds is 0. The topological polar surface area (TPSA) is 65.0 Å². The van der Waals surface area contributed by atoms with E-state index in [9.17, 15) is 4.79 Å². The zero-order valence-electron chi connectivity index (χ0n) is 5.73. The Hall–Kier alpha value is -0.810. The molecule has 0 spiro atoms. The van der Waals surface area contributed by atoms with Gasteiger partial charge in [-0.1, -0.05) is 0 Å². The Balaban J connectivity index is 2.09. The molecular weight excluding hydrogens is 152 g/mol. The first-order valence-electron chi connectivity index (χ1n) is 3.44. The third kappa shape index (κ3) is 1.06. The van der Waals surface area contributed by atoms with Crippen molar-refractivity contribution in [1.29, 1.82) is 0 Å². The summed E-state index contributed by atoms with van der Waals surface area (Å²) >= 11 is 0. The lowest BCUT2D eigenvalue weighted by molar-refractivity contribution is -0.188. The Morgan fingerprint density at radius 1 is 1.45 bits per heavy atom. The second-order valence-electron chi connectivity index (χ2n) is 2.54. The molecule has 2 rings (SSSR count). The predicted molar refractivity (Wildman–Crippen MR) is 31.7 cm³/mol. The molecule has 62 valence electrons. The lowest BCUT2D eigenvalue weighted by atomic mass is 10.1. The van der Waals surface area contributed by atoms with Crippen LogP contribution in [0.2, 0.25) is 0 Å². The summed E-state index contributed by atoms with van der Waals surface area (Å²) in [6, 6.07) is 0. The second-order valence-corrected chi connectivity index (χ2v) is 2.54. The molecule has 5 heteroatoms. The number of hydrogen-bond donors (Lipinski definition) is 1. The first-order valence-corrected chi connectivity index (χ1v) is 3.44. The second kappa shape index (κ2) is 2.35. The van der Waals surface area contributed by atoms with E-state index >= 15 is 0 Å². The standard InChI is InChI=1S/C6H8O5/c7-5-4-3(1-2-9-5)10-6(8)11-4/h3-5,7H,1-2H2/t3-,4?,5-/m0/s1. The minimum absolute atomic E-state index is 0.328. The van der Waals surface area contributed by atoms with Gasteiger partial charge in [-0.05, 0) is 0 Å². The van der Waals surface area contributed by atoms with Gasteiger partial charge in [-0.25, -0.2) is 4.79 Å². The van der Waals surface area contributed by atoms with Gasteiger partial charge in [-0.2, -0.15) is 0 Å². The van der Waals surface area contributed by atoms with Crippen LogP contribution in [0, 0.1) is 0 Å². The molecule has 5 nitrogen and oxygen atoms in total. The Morgan fingerprint density at radius 3 is 3.00 bits per heavy atom. The van der Waals surface area contributed by atoms with Crippen molar-refractivity contribution >= 4 is 6.16 Å². The molecule has 2 fully saturated rings. The summed E-state index contributed by atoms with van der Waals surface area (Å²) in [5.41, 5.74) is 0. The SMILES string of the molecule is O=C1OC2[C@H](CCO[C@@H]2O)O1. The molecule has 0 radical (unpaired) electrons. The monoisotopic (exact) mass is 160 g/mol. The highest BCUT2D eigenvalue weighted by atomic mass is 16.8. The summed E-state index contributed by atoms with van der Waals surface area (Å²) < 4.78 is 14.2. The van der Waals surface area contributed by atoms with Crippen LogP contribution in [0.1, 0.15) is 6.42 Å². The van der Waals surface area contributed by atoms with Crippen LogP contribution in [-0.2, 0) is 14.2 Å². The smallest absolute Gasteiger partial charge is 0.427 e. The summed E-state index contributed by atoms with van der Waals surface area (Å²) in [7, 11) is 0. The van der Waals surface area contributed by atoms with Crippen molar-refractivity contribution in [3.63, 3.8) is 0 Å². The number of ether oxygens (including phenoxy) is 3. The highest BCUT2D eigenvalue weighted by Crippen LogP contribution is 2.25. The first-order chi connectivity index (χ1) is 5.27. The maximum absolute atomic E-state index is 10.5. The molecule has 2 aliphatic rings. The maximum atomic E-state index is 10.5. The van der Waals surface area contributed by atoms with E-state index in [2.05, 4.69) is 4.74 Å². The highest BCUT2D eigenvalue weighted by molar-refractivity contribution is 5.62. The van der Waals surface area contributed by atoms with Crippen LogP contribution in [0.4, 0.5) is 4.79 Å². The molecule has 11 heavy (non-hydrogen) atoms. The summed E-state index contributed by atoms with van der Waals surface area (Å²) in [5.74, 6) is 0. The van der Waals surface area contributed by atoms with Crippen LogP contribution in [0.25, 0.3) is 0 Å². The molecule has 1 unspecified atom stereocenters. The minimum atomic E-state index is -1.03. The number of carbonyl (C=O) groups is 1. The molecule has 0 amide bonds. The number of fused-ring (bicyclic) bond motifs is 1.